The van der Waals surface area contributed by atoms with Crippen molar-refractivity contribution in [3.8, 4) is 5.75 Å². The lowest BCUT2D eigenvalue weighted by molar-refractivity contribution is -0.132. The molecule has 112 valence electrons. The number of hydrogen-bond acceptors (Lipinski definition) is 4. The summed E-state index contributed by atoms with van der Waals surface area (Å²) in [6, 6.07) is 5.93. The molecule has 1 atom stereocenters. The molecule has 0 aliphatic heterocycles. The zero-order chi connectivity index (χ0) is 15.1. The van der Waals surface area contributed by atoms with Crippen LogP contribution in [0.5, 0.6) is 5.75 Å². The number of methoxy groups -OCH3 is 2. The molecule has 0 aromatic heterocycles. The Morgan fingerprint density at radius 2 is 2.10 bits per heavy atom. The van der Waals surface area contributed by atoms with Crippen molar-refractivity contribution in [2.45, 2.75) is 26.0 Å². The van der Waals surface area contributed by atoms with Gasteiger partial charge in [0.05, 0.1) is 19.6 Å². The van der Waals surface area contributed by atoms with Crippen LogP contribution in [0.4, 0.5) is 0 Å². The van der Waals surface area contributed by atoms with Crippen molar-refractivity contribution in [1.82, 2.24) is 4.90 Å². The highest BCUT2D eigenvalue weighted by molar-refractivity contribution is 5.76. The zero-order valence-electron chi connectivity index (χ0n) is 12.7. The Morgan fingerprint density at radius 3 is 2.65 bits per heavy atom. The predicted molar refractivity (Wildman–Crippen MR) is 78.7 cm³/mol. The zero-order valence-corrected chi connectivity index (χ0v) is 12.7. The number of aryl methyl sites for hydroxylation is 1. The third kappa shape index (κ3) is 4.51. The normalized spacial score (nSPS) is 12.1. The van der Waals surface area contributed by atoms with Crippen molar-refractivity contribution >= 4 is 5.91 Å². The monoisotopic (exact) mass is 280 g/mol. The van der Waals surface area contributed by atoms with Gasteiger partial charge in [0.15, 0.2) is 0 Å². The van der Waals surface area contributed by atoms with Crippen LogP contribution in [-0.4, -0.2) is 44.7 Å². The molecule has 0 heterocycles. The van der Waals surface area contributed by atoms with E-state index in [1.54, 1.807) is 26.2 Å². The maximum Gasteiger partial charge on any atom is 0.225 e. The van der Waals surface area contributed by atoms with Crippen LogP contribution in [-0.2, 0) is 16.1 Å². The van der Waals surface area contributed by atoms with Crippen molar-refractivity contribution in [3.63, 3.8) is 0 Å². The van der Waals surface area contributed by atoms with Crippen LogP contribution in [0.15, 0.2) is 18.2 Å². The number of carbonyl (C=O) groups is 1. The number of nitrogens with two attached hydrogens (primary N) is 1. The predicted octanol–water partition coefficient (Wildman–Crippen LogP) is 1.33. The van der Waals surface area contributed by atoms with Gasteiger partial charge in [0.1, 0.15) is 5.75 Å². The van der Waals surface area contributed by atoms with Gasteiger partial charge >= 0.3 is 0 Å². The fourth-order valence-electron chi connectivity index (χ4n) is 1.99. The Balaban J connectivity index is 2.72. The van der Waals surface area contributed by atoms with Gasteiger partial charge in [0.25, 0.3) is 0 Å². The Bertz CT molecular complexity index is 445. The van der Waals surface area contributed by atoms with E-state index in [9.17, 15) is 4.79 Å². The number of nitrogens with zero attached hydrogens (tertiary/aromatic N) is 1. The quantitative estimate of drug-likeness (QED) is 0.818. The average molecular weight is 280 g/mol. The Labute approximate surface area is 120 Å². The molecule has 1 aromatic rings. The molecule has 0 saturated heterocycles. The second-order valence-corrected chi connectivity index (χ2v) is 4.86. The smallest absolute Gasteiger partial charge is 0.225 e. The molecule has 1 unspecified atom stereocenters. The molecule has 1 amide bonds. The van der Waals surface area contributed by atoms with E-state index in [1.165, 1.54) is 0 Å². The van der Waals surface area contributed by atoms with Gasteiger partial charge in [-0.25, -0.2) is 0 Å². The fraction of sp³-hybridized carbons (Fsp3) is 0.533. The van der Waals surface area contributed by atoms with Gasteiger partial charge in [0, 0.05) is 32.8 Å². The highest BCUT2D eigenvalue weighted by Crippen LogP contribution is 2.21. The Hall–Kier alpha value is -1.59. The maximum atomic E-state index is 12.1. The average Bonchev–Trinajstić information content (AvgIpc) is 2.44. The van der Waals surface area contributed by atoms with Crippen LogP contribution >= 0.6 is 0 Å². The molecule has 1 aromatic carbocycles. The molecule has 0 spiro atoms. The summed E-state index contributed by atoms with van der Waals surface area (Å²) in [5.41, 5.74) is 7.66. The van der Waals surface area contributed by atoms with E-state index < -0.39 is 0 Å². The molecule has 20 heavy (non-hydrogen) atoms. The summed E-state index contributed by atoms with van der Waals surface area (Å²) < 4.78 is 10.5. The minimum atomic E-state index is -0.232. The SMILES string of the molecule is COc1ccc(C)cc1CN(C)C(=O)CC(CN)OC. The van der Waals surface area contributed by atoms with E-state index in [2.05, 4.69) is 0 Å². The van der Waals surface area contributed by atoms with E-state index in [0.717, 1.165) is 16.9 Å². The first-order valence-corrected chi connectivity index (χ1v) is 6.62. The first kappa shape index (κ1) is 16.5. The standard InChI is InChI=1S/C15H24N2O3/c1-11-5-6-14(20-4)12(7-11)10-17(2)15(18)8-13(9-16)19-3/h5-7,13H,8-10,16H2,1-4H3. The number of hydrogen-bond donors (Lipinski definition) is 1. The summed E-state index contributed by atoms with van der Waals surface area (Å²) in [6.45, 7) is 2.86. The molecule has 0 saturated carbocycles. The summed E-state index contributed by atoms with van der Waals surface area (Å²) in [4.78, 5) is 13.8. The lowest BCUT2D eigenvalue weighted by Gasteiger charge is -2.21. The van der Waals surface area contributed by atoms with Crippen molar-refractivity contribution < 1.29 is 14.3 Å². The lowest BCUT2D eigenvalue weighted by atomic mass is 10.1. The highest BCUT2D eigenvalue weighted by atomic mass is 16.5. The number of rotatable bonds is 7. The second-order valence-electron chi connectivity index (χ2n) is 4.86. The van der Waals surface area contributed by atoms with Gasteiger partial charge < -0.3 is 20.1 Å². The second kappa shape index (κ2) is 7.87. The summed E-state index contributed by atoms with van der Waals surface area (Å²) in [7, 11) is 4.97. The minimum Gasteiger partial charge on any atom is -0.496 e. The maximum absolute atomic E-state index is 12.1. The number of carbonyl (C=O) groups excluding carboxylic acids is 1. The summed E-state index contributed by atoms with van der Waals surface area (Å²) >= 11 is 0. The largest absolute Gasteiger partial charge is 0.496 e. The summed E-state index contributed by atoms with van der Waals surface area (Å²) in [6.07, 6.45) is 0.0572. The number of amides is 1. The summed E-state index contributed by atoms with van der Waals surface area (Å²) in [5, 5.41) is 0. The third-order valence-electron chi connectivity index (χ3n) is 3.27. The van der Waals surface area contributed by atoms with Crippen molar-refractivity contribution in [2.24, 2.45) is 5.73 Å². The molecule has 1 rings (SSSR count). The van der Waals surface area contributed by atoms with Gasteiger partial charge in [-0.3, -0.25) is 4.79 Å². The van der Waals surface area contributed by atoms with Gasteiger partial charge in [-0.1, -0.05) is 17.7 Å². The molecule has 0 bridgehead atoms. The van der Waals surface area contributed by atoms with E-state index in [-0.39, 0.29) is 18.4 Å². The van der Waals surface area contributed by atoms with Crippen LogP contribution in [0.3, 0.4) is 0 Å². The Kier molecular flexibility index (Phi) is 6.48. The fourth-order valence-corrected chi connectivity index (χ4v) is 1.99. The number of benzene rings is 1. The molecule has 0 fully saturated rings. The van der Waals surface area contributed by atoms with Crippen LogP contribution in [0.1, 0.15) is 17.5 Å². The van der Waals surface area contributed by atoms with E-state index in [1.807, 2.05) is 25.1 Å². The van der Waals surface area contributed by atoms with Crippen LogP contribution in [0.2, 0.25) is 0 Å². The molecular formula is C15H24N2O3. The molecule has 2 N–H and O–H groups in total. The van der Waals surface area contributed by atoms with E-state index in [4.69, 9.17) is 15.2 Å². The third-order valence-corrected chi connectivity index (χ3v) is 3.27. The minimum absolute atomic E-state index is 0.00543. The van der Waals surface area contributed by atoms with Crippen LogP contribution < -0.4 is 10.5 Å². The Morgan fingerprint density at radius 1 is 1.40 bits per heavy atom. The summed E-state index contributed by atoms with van der Waals surface area (Å²) in [5.74, 6) is 0.795. The van der Waals surface area contributed by atoms with Crippen molar-refractivity contribution in [3.05, 3.63) is 29.3 Å². The first-order valence-electron chi connectivity index (χ1n) is 6.62. The molecule has 0 aliphatic carbocycles. The van der Waals surface area contributed by atoms with E-state index in [0.29, 0.717) is 13.1 Å². The van der Waals surface area contributed by atoms with Crippen molar-refractivity contribution in [2.75, 3.05) is 27.8 Å². The topological polar surface area (TPSA) is 64.8 Å². The van der Waals surface area contributed by atoms with Gasteiger partial charge in [0.2, 0.25) is 5.91 Å². The molecular weight excluding hydrogens is 256 g/mol. The molecule has 5 heteroatoms. The van der Waals surface area contributed by atoms with Crippen LogP contribution in [0.25, 0.3) is 0 Å². The first-order chi connectivity index (χ1) is 9.51. The number of ether oxygens (including phenoxy) is 2. The van der Waals surface area contributed by atoms with Gasteiger partial charge in [-0.05, 0) is 13.0 Å². The van der Waals surface area contributed by atoms with Crippen LogP contribution in [0, 0.1) is 6.92 Å². The lowest BCUT2D eigenvalue weighted by Crippen LogP contribution is -2.33. The van der Waals surface area contributed by atoms with Crippen molar-refractivity contribution in [1.29, 1.82) is 0 Å². The van der Waals surface area contributed by atoms with E-state index >= 15 is 0 Å². The highest BCUT2D eigenvalue weighted by Gasteiger charge is 2.16. The molecule has 5 nitrogen and oxygen atoms in total. The molecule has 0 aliphatic rings. The van der Waals surface area contributed by atoms with Gasteiger partial charge in [-0.2, -0.15) is 0 Å². The van der Waals surface area contributed by atoms with Gasteiger partial charge in [-0.15, -0.1) is 0 Å². The molecule has 0 radical (unpaired) electrons.